The summed E-state index contributed by atoms with van der Waals surface area (Å²) in [5, 5.41) is 3.04. The molecule has 0 saturated heterocycles. The zero-order valence-corrected chi connectivity index (χ0v) is 13.6. The van der Waals surface area contributed by atoms with Gasteiger partial charge in [0.2, 0.25) is 5.88 Å². The van der Waals surface area contributed by atoms with E-state index in [1.54, 1.807) is 18.3 Å². The van der Waals surface area contributed by atoms with Crippen molar-refractivity contribution in [2.75, 3.05) is 0 Å². The smallest absolute Gasteiger partial charge is 0.227 e. The molecule has 0 unspecified atom stereocenters. The van der Waals surface area contributed by atoms with Crippen molar-refractivity contribution in [3.8, 4) is 22.8 Å². The first-order valence-corrected chi connectivity index (χ1v) is 8.06. The summed E-state index contributed by atoms with van der Waals surface area (Å²) >= 11 is 5.94. The van der Waals surface area contributed by atoms with E-state index in [1.165, 1.54) is 10.8 Å². The summed E-state index contributed by atoms with van der Waals surface area (Å²) in [6.45, 7) is 0. The molecule has 0 aliphatic rings. The Kier molecular flexibility index (Phi) is 3.89. The van der Waals surface area contributed by atoms with E-state index in [9.17, 15) is 0 Å². The Balaban J connectivity index is 1.82. The van der Waals surface area contributed by atoms with Crippen LogP contribution in [0.15, 0.2) is 85.1 Å². The third kappa shape index (κ3) is 2.84. The van der Waals surface area contributed by atoms with E-state index in [4.69, 9.17) is 16.3 Å². The maximum Gasteiger partial charge on any atom is 0.227 e. The van der Waals surface area contributed by atoms with Crippen LogP contribution in [0.2, 0.25) is 5.02 Å². The van der Waals surface area contributed by atoms with E-state index >= 15 is 0 Å². The van der Waals surface area contributed by atoms with Crippen LogP contribution in [0.1, 0.15) is 0 Å². The van der Waals surface area contributed by atoms with Crippen LogP contribution in [-0.4, -0.2) is 4.98 Å². The maximum absolute atomic E-state index is 6.00. The molecular formula is C21H14ClNO. The molecule has 0 radical (unpaired) electrons. The van der Waals surface area contributed by atoms with E-state index in [0.29, 0.717) is 16.7 Å². The lowest BCUT2D eigenvalue weighted by molar-refractivity contribution is 0.465. The molecule has 3 heteroatoms. The van der Waals surface area contributed by atoms with Crippen LogP contribution in [0.25, 0.3) is 21.9 Å². The highest BCUT2D eigenvalue weighted by molar-refractivity contribution is 6.30. The van der Waals surface area contributed by atoms with Crippen LogP contribution in [0.5, 0.6) is 11.6 Å². The van der Waals surface area contributed by atoms with Crippen molar-refractivity contribution in [1.29, 1.82) is 0 Å². The molecule has 0 aliphatic heterocycles. The van der Waals surface area contributed by atoms with E-state index in [1.807, 2.05) is 36.4 Å². The molecule has 0 amide bonds. The van der Waals surface area contributed by atoms with Crippen LogP contribution >= 0.6 is 11.6 Å². The quantitative estimate of drug-likeness (QED) is 0.436. The lowest BCUT2D eigenvalue weighted by atomic mass is 9.99. The average Bonchev–Trinajstić information content (AvgIpc) is 2.64. The van der Waals surface area contributed by atoms with E-state index in [0.717, 1.165) is 11.1 Å². The van der Waals surface area contributed by atoms with Gasteiger partial charge in [-0.3, -0.25) is 0 Å². The molecule has 0 atom stereocenters. The first-order valence-electron chi connectivity index (χ1n) is 7.68. The average molecular weight is 332 g/mol. The fraction of sp³-hybridized carbons (Fsp3) is 0. The Hall–Kier alpha value is -2.84. The van der Waals surface area contributed by atoms with E-state index in [2.05, 4.69) is 35.3 Å². The van der Waals surface area contributed by atoms with E-state index < -0.39 is 0 Å². The molecule has 0 N–H and O–H groups in total. The highest BCUT2D eigenvalue weighted by atomic mass is 35.5. The van der Waals surface area contributed by atoms with Crippen molar-refractivity contribution < 1.29 is 4.74 Å². The molecule has 1 heterocycles. The number of fused-ring (bicyclic) bond motifs is 1. The summed E-state index contributed by atoms with van der Waals surface area (Å²) < 4.78 is 6.00. The van der Waals surface area contributed by atoms with Gasteiger partial charge in [-0.25, -0.2) is 4.98 Å². The Morgan fingerprint density at radius 1 is 0.708 bits per heavy atom. The molecule has 4 rings (SSSR count). The number of nitrogens with zero attached hydrogens (tertiary/aromatic N) is 1. The number of pyridine rings is 1. The van der Waals surface area contributed by atoms with Crippen LogP contribution < -0.4 is 4.74 Å². The second-order valence-electron chi connectivity index (χ2n) is 5.44. The SMILES string of the molecule is Clc1ccc(Oc2ncccc2-c2cccc3ccccc23)cc1. The van der Waals surface area contributed by atoms with Gasteiger partial charge < -0.3 is 4.74 Å². The van der Waals surface area contributed by atoms with Crippen molar-refractivity contribution in [2.24, 2.45) is 0 Å². The second-order valence-corrected chi connectivity index (χ2v) is 5.88. The second kappa shape index (κ2) is 6.34. The summed E-state index contributed by atoms with van der Waals surface area (Å²) in [4.78, 5) is 4.42. The molecule has 3 aromatic carbocycles. The van der Waals surface area contributed by atoms with Gasteiger partial charge in [0.25, 0.3) is 0 Å². The van der Waals surface area contributed by atoms with E-state index in [-0.39, 0.29) is 0 Å². The van der Waals surface area contributed by atoms with Gasteiger partial charge in [-0.1, -0.05) is 54.1 Å². The Morgan fingerprint density at radius 3 is 2.33 bits per heavy atom. The van der Waals surface area contributed by atoms with Crippen molar-refractivity contribution in [3.63, 3.8) is 0 Å². The maximum atomic E-state index is 6.00. The number of benzene rings is 3. The zero-order valence-electron chi connectivity index (χ0n) is 12.8. The minimum Gasteiger partial charge on any atom is -0.438 e. The van der Waals surface area contributed by atoms with Crippen LogP contribution in [0, 0.1) is 0 Å². The largest absolute Gasteiger partial charge is 0.438 e. The van der Waals surface area contributed by atoms with Crippen LogP contribution in [0.4, 0.5) is 0 Å². The number of halogens is 1. The number of hydrogen-bond donors (Lipinski definition) is 0. The third-order valence-electron chi connectivity index (χ3n) is 3.88. The predicted octanol–water partition coefficient (Wildman–Crippen LogP) is 6.35. The monoisotopic (exact) mass is 331 g/mol. The summed E-state index contributed by atoms with van der Waals surface area (Å²) in [6, 6.07) is 25.8. The zero-order chi connectivity index (χ0) is 16.4. The van der Waals surface area contributed by atoms with Gasteiger partial charge >= 0.3 is 0 Å². The molecule has 0 bridgehead atoms. The fourth-order valence-electron chi connectivity index (χ4n) is 2.75. The molecule has 0 fully saturated rings. The lowest BCUT2D eigenvalue weighted by Gasteiger charge is -2.12. The number of ether oxygens (including phenoxy) is 1. The normalized spacial score (nSPS) is 10.7. The van der Waals surface area contributed by atoms with Crippen molar-refractivity contribution in [2.45, 2.75) is 0 Å². The third-order valence-corrected chi connectivity index (χ3v) is 4.13. The van der Waals surface area contributed by atoms with Gasteiger partial charge in [-0.05, 0) is 52.7 Å². The minimum atomic E-state index is 0.580. The van der Waals surface area contributed by atoms with Gasteiger partial charge in [0.1, 0.15) is 5.75 Å². The lowest BCUT2D eigenvalue weighted by Crippen LogP contribution is -1.92. The van der Waals surface area contributed by atoms with Gasteiger partial charge in [-0.2, -0.15) is 0 Å². The molecule has 0 saturated carbocycles. The van der Waals surface area contributed by atoms with Gasteiger partial charge in [0, 0.05) is 16.8 Å². The number of hydrogen-bond acceptors (Lipinski definition) is 2. The first kappa shape index (κ1) is 14.7. The minimum absolute atomic E-state index is 0.580. The predicted molar refractivity (Wildman–Crippen MR) is 98.7 cm³/mol. The van der Waals surface area contributed by atoms with Gasteiger partial charge in [0.05, 0.1) is 0 Å². The van der Waals surface area contributed by atoms with Gasteiger partial charge in [0.15, 0.2) is 0 Å². The summed E-state index contributed by atoms with van der Waals surface area (Å²) in [5.74, 6) is 1.29. The molecule has 24 heavy (non-hydrogen) atoms. The summed E-state index contributed by atoms with van der Waals surface area (Å²) in [6.07, 6.45) is 1.74. The summed E-state index contributed by atoms with van der Waals surface area (Å²) in [7, 11) is 0. The number of aromatic nitrogens is 1. The standard InChI is InChI=1S/C21H14ClNO/c22-16-10-12-17(13-11-16)24-21-20(9-4-14-23-21)19-8-3-6-15-5-1-2-7-18(15)19/h1-14H. The highest BCUT2D eigenvalue weighted by Crippen LogP contribution is 2.35. The fourth-order valence-corrected chi connectivity index (χ4v) is 2.88. The molecule has 0 aliphatic carbocycles. The molecule has 2 nitrogen and oxygen atoms in total. The number of rotatable bonds is 3. The van der Waals surface area contributed by atoms with Crippen molar-refractivity contribution in [1.82, 2.24) is 4.98 Å². The Labute approximate surface area is 145 Å². The van der Waals surface area contributed by atoms with Crippen molar-refractivity contribution in [3.05, 3.63) is 90.1 Å². The molecule has 1 aromatic heterocycles. The molecule has 0 spiro atoms. The summed E-state index contributed by atoms with van der Waals surface area (Å²) in [5.41, 5.74) is 2.06. The topological polar surface area (TPSA) is 22.1 Å². The van der Waals surface area contributed by atoms with Gasteiger partial charge in [-0.15, -0.1) is 0 Å². The first-order chi connectivity index (χ1) is 11.8. The Morgan fingerprint density at radius 2 is 1.46 bits per heavy atom. The molecular weight excluding hydrogens is 318 g/mol. The van der Waals surface area contributed by atoms with Crippen LogP contribution in [-0.2, 0) is 0 Å². The molecule has 116 valence electrons. The van der Waals surface area contributed by atoms with Crippen molar-refractivity contribution >= 4 is 22.4 Å². The highest BCUT2D eigenvalue weighted by Gasteiger charge is 2.11. The molecule has 4 aromatic rings. The Bertz CT molecular complexity index is 991. The van der Waals surface area contributed by atoms with Crippen LogP contribution in [0.3, 0.4) is 0 Å².